The van der Waals surface area contributed by atoms with Crippen LogP contribution in [0.5, 0.6) is 0 Å². The molecule has 3 heterocycles. The minimum atomic E-state index is 0.541. The predicted octanol–water partition coefficient (Wildman–Crippen LogP) is 4.01. The number of hydrogen-bond donors (Lipinski definition) is 0. The molecule has 134 valence electrons. The lowest BCUT2D eigenvalue weighted by Gasteiger charge is -2.18. The number of aromatic nitrogens is 3. The van der Waals surface area contributed by atoms with E-state index in [1.807, 2.05) is 18.2 Å². The highest BCUT2D eigenvalue weighted by Gasteiger charge is 2.37. The first-order valence-electron chi connectivity index (χ1n) is 9.33. The third-order valence-electron chi connectivity index (χ3n) is 5.28. The Balaban J connectivity index is 1.28. The van der Waals surface area contributed by atoms with E-state index in [1.54, 1.807) is 6.20 Å². The molecule has 5 rings (SSSR count). The van der Waals surface area contributed by atoms with Crippen LogP contribution in [0.15, 0.2) is 45.5 Å². The average molecular weight is 350 g/mol. The molecule has 26 heavy (non-hydrogen) atoms. The molecule has 0 amide bonds. The summed E-state index contributed by atoms with van der Waals surface area (Å²) in [7, 11) is 0. The van der Waals surface area contributed by atoms with Crippen molar-refractivity contribution in [1.29, 1.82) is 0 Å². The SMILES string of the molecule is CC1CC1c1ccc(CN(Cc2nc(-c3ccccn3)no2)C2CC2)o1. The van der Waals surface area contributed by atoms with Gasteiger partial charge in [0.15, 0.2) is 0 Å². The fourth-order valence-corrected chi connectivity index (χ4v) is 3.44. The number of furan rings is 1. The molecule has 6 heteroatoms. The van der Waals surface area contributed by atoms with Crippen LogP contribution >= 0.6 is 0 Å². The second kappa shape index (κ2) is 6.36. The molecule has 3 aromatic rings. The molecular formula is C20H22N4O2. The normalized spacial score (nSPS) is 22.1. The zero-order valence-electron chi connectivity index (χ0n) is 14.8. The van der Waals surface area contributed by atoms with E-state index in [1.165, 1.54) is 19.3 Å². The van der Waals surface area contributed by atoms with Crippen LogP contribution in [0.4, 0.5) is 0 Å². The Morgan fingerprint density at radius 1 is 1.15 bits per heavy atom. The van der Waals surface area contributed by atoms with Crippen molar-refractivity contribution in [2.45, 2.75) is 51.2 Å². The summed E-state index contributed by atoms with van der Waals surface area (Å²) in [4.78, 5) is 11.2. The molecule has 2 aliphatic carbocycles. The molecular weight excluding hydrogens is 328 g/mol. The zero-order chi connectivity index (χ0) is 17.5. The van der Waals surface area contributed by atoms with Crippen molar-refractivity contribution in [3.8, 4) is 11.5 Å². The van der Waals surface area contributed by atoms with Crippen molar-refractivity contribution in [3.05, 3.63) is 53.9 Å². The van der Waals surface area contributed by atoms with Gasteiger partial charge in [0.25, 0.3) is 0 Å². The lowest BCUT2D eigenvalue weighted by molar-refractivity contribution is 0.194. The molecule has 0 aromatic carbocycles. The van der Waals surface area contributed by atoms with Crippen LogP contribution in [-0.2, 0) is 13.1 Å². The van der Waals surface area contributed by atoms with Crippen molar-refractivity contribution in [1.82, 2.24) is 20.0 Å². The summed E-state index contributed by atoms with van der Waals surface area (Å²) < 4.78 is 11.5. The monoisotopic (exact) mass is 350 g/mol. The summed E-state index contributed by atoms with van der Waals surface area (Å²) >= 11 is 0. The molecule has 2 saturated carbocycles. The Bertz CT molecular complexity index is 884. The molecule has 0 radical (unpaired) electrons. The topological polar surface area (TPSA) is 68.2 Å². The molecule has 3 aromatic heterocycles. The molecule has 2 atom stereocenters. The van der Waals surface area contributed by atoms with Gasteiger partial charge in [0, 0.05) is 18.2 Å². The first-order chi connectivity index (χ1) is 12.8. The number of rotatable bonds is 7. The molecule has 0 bridgehead atoms. The highest BCUT2D eigenvalue weighted by molar-refractivity contribution is 5.46. The highest BCUT2D eigenvalue weighted by atomic mass is 16.5. The Kier molecular flexibility index (Phi) is 3.85. The van der Waals surface area contributed by atoms with E-state index in [0.29, 0.717) is 30.2 Å². The molecule has 0 N–H and O–H groups in total. The van der Waals surface area contributed by atoms with Gasteiger partial charge in [-0.2, -0.15) is 4.98 Å². The maximum atomic E-state index is 6.08. The van der Waals surface area contributed by atoms with Crippen LogP contribution < -0.4 is 0 Å². The van der Waals surface area contributed by atoms with E-state index in [2.05, 4.69) is 39.1 Å². The van der Waals surface area contributed by atoms with Gasteiger partial charge >= 0.3 is 0 Å². The van der Waals surface area contributed by atoms with Gasteiger partial charge in [0.1, 0.15) is 17.2 Å². The van der Waals surface area contributed by atoms with Crippen LogP contribution in [0.2, 0.25) is 0 Å². The summed E-state index contributed by atoms with van der Waals surface area (Å²) in [5, 5.41) is 4.07. The number of nitrogens with zero attached hydrogens (tertiary/aromatic N) is 4. The van der Waals surface area contributed by atoms with E-state index in [-0.39, 0.29) is 0 Å². The Labute approximate surface area is 152 Å². The van der Waals surface area contributed by atoms with Gasteiger partial charge < -0.3 is 8.94 Å². The molecule has 0 spiro atoms. The molecule has 2 unspecified atom stereocenters. The molecule has 6 nitrogen and oxygen atoms in total. The summed E-state index contributed by atoms with van der Waals surface area (Å²) in [6, 6.07) is 10.5. The van der Waals surface area contributed by atoms with Gasteiger partial charge in [-0.05, 0) is 49.4 Å². The van der Waals surface area contributed by atoms with Crippen molar-refractivity contribution < 1.29 is 8.94 Å². The van der Waals surface area contributed by atoms with Crippen LogP contribution in [0.1, 0.15) is 49.5 Å². The van der Waals surface area contributed by atoms with Crippen molar-refractivity contribution in [2.24, 2.45) is 5.92 Å². The third-order valence-corrected chi connectivity index (χ3v) is 5.28. The van der Waals surface area contributed by atoms with Crippen LogP contribution in [0.25, 0.3) is 11.5 Å². The molecule has 2 aliphatic rings. The second-order valence-corrected chi connectivity index (χ2v) is 7.49. The first kappa shape index (κ1) is 15.8. The van der Waals surface area contributed by atoms with E-state index in [4.69, 9.17) is 8.94 Å². The fourth-order valence-electron chi connectivity index (χ4n) is 3.44. The average Bonchev–Trinajstić information content (AvgIpc) is 3.54. The third kappa shape index (κ3) is 3.29. The van der Waals surface area contributed by atoms with Crippen molar-refractivity contribution in [3.63, 3.8) is 0 Å². The van der Waals surface area contributed by atoms with E-state index >= 15 is 0 Å². The van der Waals surface area contributed by atoms with Gasteiger partial charge in [-0.15, -0.1) is 0 Å². The Hall–Kier alpha value is -2.47. The smallest absolute Gasteiger partial charge is 0.241 e. The summed E-state index contributed by atoms with van der Waals surface area (Å²) in [6.45, 7) is 3.70. The predicted molar refractivity (Wildman–Crippen MR) is 95.0 cm³/mol. The van der Waals surface area contributed by atoms with Gasteiger partial charge in [0.05, 0.1) is 13.1 Å². The maximum absolute atomic E-state index is 6.08. The Morgan fingerprint density at radius 2 is 2.04 bits per heavy atom. The molecule has 0 aliphatic heterocycles. The standard InChI is InChI=1S/C20H22N4O2/c1-13-10-16(13)18-8-7-15(25-18)11-24(14-5-6-14)12-19-22-20(23-26-19)17-4-2-3-9-21-17/h2-4,7-9,13-14,16H,5-6,10-12H2,1H3. The van der Waals surface area contributed by atoms with Crippen LogP contribution in [0, 0.1) is 5.92 Å². The highest BCUT2D eigenvalue weighted by Crippen LogP contribution is 2.47. The van der Waals surface area contributed by atoms with E-state index < -0.39 is 0 Å². The first-order valence-corrected chi connectivity index (χ1v) is 9.33. The molecule has 2 fully saturated rings. The quantitative estimate of drug-likeness (QED) is 0.641. The largest absolute Gasteiger partial charge is 0.464 e. The van der Waals surface area contributed by atoms with Gasteiger partial charge in [-0.25, -0.2) is 0 Å². The number of pyridine rings is 1. The zero-order valence-corrected chi connectivity index (χ0v) is 14.8. The minimum absolute atomic E-state index is 0.541. The van der Waals surface area contributed by atoms with E-state index in [9.17, 15) is 0 Å². The van der Waals surface area contributed by atoms with Crippen LogP contribution in [0.3, 0.4) is 0 Å². The second-order valence-electron chi connectivity index (χ2n) is 7.49. The summed E-state index contributed by atoms with van der Waals surface area (Å²) in [5.74, 6) is 4.71. The van der Waals surface area contributed by atoms with Gasteiger partial charge in [-0.3, -0.25) is 9.88 Å². The fraction of sp³-hybridized carbons (Fsp3) is 0.450. The lowest BCUT2D eigenvalue weighted by atomic mass is 10.3. The summed E-state index contributed by atoms with van der Waals surface area (Å²) in [6.07, 6.45) is 5.41. The van der Waals surface area contributed by atoms with Gasteiger partial charge in [-0.1, -0.05) is 18.1 Å². The van der Waals surface area contributed by atoms with Gasteiger partial charge in [0.2, 0.25) is 11.7 Å². The summed E-state index contributed by atoms with van der Waals surface area (Å²) in [5.41, 5.74) is 0.731. The lowest BCUT2D eigenvalue weighted by Crippen LogP contribution is -2.25. The Morgan fingerprint density at radius 3 is 2.77 bits per heavy atom. The minimum Gasteiger partial charge on any atom is -0.464 e. The van der Waals surface area contributed by atoms with Crippen molar-refractivity contribution in [2.75, 3.05) is 0 Å². The number of hydrogen-bond acceptors (Lipinski definition) is 6. The van der Waals surface area contributed by atoms with Crippen LogP contribution in [-0.4, -0.2) is 26.1 Å². The van der Waals surface area contributed by atoms with Crippen molar-refractivity contribution >= 4 is 0 Å². The molecule has 0 saturated heterocycles. The maximum Gasteiger partial charge on any atom is 0.241 e. The van der Waals surface area contributed by atoms with E-state index in [0.717, 1.165) is 29.7 Å².